The van der Waals surface area contributed by atoms with Gasteiger partial charge in [0.2, 0.25) is 0 Å². The molecule has 1 rings (SSSR count). The molecular formula is C10H15N3. The number of hydrogen-bond acceptors (Lipinski definition) is 3. The molecule has 0 bridgehead atoms. The highest BCUT2D eigenvalue weighted by atomic mass is 15.5. The van der Waals surface area contributed by atoms with Crippen molar-refractivity contribution >= 4 is 12.9 Å². The van der Waals surface area contributed by atoms with E-state index in [9.17, 15) is 0 Å². The Hall–Kier alpha value is -1.38. The van der Waals surface area contributed by atoms with E-state index in [2.05, 4.69) is 30.7 Å². The molecule has 0 aromatic rings. The molecule has 1 aliphatic heterocycles. The van der Waals surface area contributed by atoms with Crippen LogP contribution in [-0.2, 0) is 0 Å². The van der Waals surface area contributed by atoms with E-state index in [1.54, 1.807) is 5.01 Å². The molecule has 1 aliphatic rings. The lowest BCUT2D eigenvalue weighted by atomic mass is 10.1. The van der Waals surface area contributed by atoms with Gasteiger partial charge in [0, 0.05) is 19.1 Å². The fourth-order valence-corrected chi connectivity index (χ4v) is 1.06. The van der Waals surface area contributed by atoms with Crippen LogP contribution in [0.3, 0.4) is 0 Å². The SMILES string of the molecule is C=NN1C=C(C(C)C)C=N/C1=C/C. The lowest BCUT2D eigenvalue weighted by Crippen LogP contribution is -2.15. The van der Waals surface area contributed by atoms with Gasteiger partial charge in [0.25, 0.3) is 0 Å². The highest BCUT2D eigenvalue weighted by Gasteiger charge is 2.11. The zero-order valence-electron chi connectivity index (χ0n) is 8.36. The van der Waals surface area contributed by atoms with Gasteiger partial charge in [-0.05, 0) is 24.5 Å². The fourth-order valence-electron chi connectivity index (χ4n) is 1.06. The standard InChI is InChI=1S/C10H15N3/c1-5-10-12-6-9(8(2)3)7-13(10)11-4/h5-8H,4H2,1-3H3/b10-5-. The summed E-state index contributed by atoms with van der Waals surface area (Å²) in [6.07, 6.45) is 5.74. The smallest absolute Gasteiger partial charge is 0.148 e. The molecule has 0 spiro atoms. The Morgan fingerprint density at radius 3 is 2.77 bits per heavy atom. The minimum atomic E-state index is 0.464. The average Bonchev–Trinajstić information content (AvgIpc) is 2.16. The predicted octanol–water partition coefficient (Wildman–Crippen LogP) is 2.39. The van der Waals surface area contributed by atoms with Crippen LogP contribution in [-0.4, -0.2) is 17.9 Å². The molecule has 0 aromatic heterocycles. The van der Waals surface area contributed by atoms with Crippen LogP contribution in [0.25, 0.3) is 0 Å². The van der Waals surface area contributed by atoms with E-state index in [-0.39, 0.29) is 0 Å². The van der Waals surface area contributed by atoms with Gasteiger partial charge in [-0.3, -0.25) is 0 Å². The minimum absolute atomic E-state index is 0.464. The van der Waals surface area contributed by atoms with Gasteiger partial charge in [-0.2, -0.15) is 5.10 Å². The van der Waals surface area contributed by atoms with Crippen molar-refractivity contribution in [2.24, 2.45) is 16.0 Å². The molecule has 0 atom stereocenters. The molecule has 0 N–H and O–H groups in total. The van der Waals surface area contributed by atoms with Gasteiger partial charge in [0.05, 0.1) is 0 Å². The topological polar surface area (TPSA) is 28.0 Å². The maximum absolute atomic E-state index is 4.26. The largest absolute Gasteiger partial charge is 0.237 e. The summed E-state index contributed by atoms with van der Waals surface area (Å²) in [7, 11) is 0. The molecule has 0 unspecified atom stereocenters. The lowest BCUT2D eigenvalue weighted by molar-refractivity contribution is 0.483. The first-order valence-electron chi connectivity index (χ1n) is 4.37. The van der Waals surface area contributed by atoms with Crippen molar-refractivity contribution in [1.82, 2.24) is 5.01 Å². The molecule has 0 amide bonds. The van der Waals surface area contributed by atoms with Gasteiger partial charge >= 0.3 is 0 Å². The van der Waals surface area contributed by atoms with Gasteiger partial charge in [-0.1, -0.05) is 13.8 Å². The van der Waals surface area contributed by atoms with Crippen LogP contribution >= 0.6 is 0 Å². The first kappa shape index (κ1) is 9.71. The third-order valence-corrected chi connectivity index (χ3v) is 1.93. The molecular weight excluding hydrogens is 162 g/mol. The third kappa shape index (κ3) is 2.05. The zero-order chi connectivity index (χ0) is 9.84. The fraction of sp³-hybridized carbons (Fsp3) is 0.400. The Balaban J connectivity index is 2.93. The zero-order valence-corrected chi connectivity index (χ0v) is 8.36. The number of nitrogens with zero attached hydrogens (tertiary/aromatic N) is 3. The van der Waals surface area contributed by atoms with E-state index < -0.39 is 0 Å². The molecule has 0 aromatic carbocycles. The summed E-state index contributed by atoms with van der Waals surface area (Å²) in [5.41, 5.74) is 1.16. The quantitative estimate of drug-likeness (QED) is 0.595. The van der Waals surface area contributed by atoms with Gasteiger partial charge in [0.1, 0.15) is 5.82 Å². The highest BCUT2D eigenvalue weighted by molar-refractivity contribution is 5.80. The molecule has 1 heterocycles. The van der Waals surface area contributed by atoms with E-state index in [4.69, 9.17) is 0 Å². The molecule has 3 nitrogen and oxygen atoms in total. The van der Waals surface area contributed by atoms with Gasteiger partial charge < -0.3 is 0 Å². The lowest BCUT2D eigenvalue weighted by Gasteiger charge is -2.20. The van der Waals surface area contributed by atoms with Crippen LogP contribution in [0.15, 0.2) is 33.8 Å². The second-order valence-corrected chi connectivity index (χ2v) is 3.17. The van der Waals surface area contributed by atoms with Crippen molar-refractivity contribution in [2.75, 3.05) is 0 Å². The molecule has 0 fully saturated rings. The van der Waals surface area contributed by atoms with Crippen molar-refractivity contribution in [3.63, 3.8) is 0 Å². The second-order valence-electron chi connectivity index (χ2n) is 3.17. The van der Waals surface area contributed by atoms with Gasteiger partial charge in [-0.15, -0.1) is 0 Å². The second kappa shape index (κ2) is 4.03. The predicted molar refractivity (Wildman–Crippen MR) is 56.6 cm³/mol. The highest BCUT2D eigenvalue weighted by Crippen LogP contribution is 2.18. The van der Waals surface area contributed by atoms with Crippen LogP contribution in [0.2, 0.25) is 0 Å². The summed E-state index contributed by atoms with van der Waals surface area (Å²) in [5.74, 6) is 1.28. The maximum Gasteiger partial charge on any atom is 0.148 e. The Bertz CT molecular complexity index is 285. The van der Waals surface area contributed by atoms with E-state index >= 15 is 0 Å². The van der Waals surface area contributed by atoms with Crippen molar-refractivity contribution in [3.8, 4) is 0 Å². The van der Waals surface area contributed by atoms with Crippen LogP contribution in [0.4, 0.5) is 0 Å². The molecule has 0 radical (unpaired) electrons. The van der Waals surface area contributed by atoms with E-state index in [1.807, 2.05) is 25.4 Å². The van der Waals surface area contributed by atoms with Crippen molar-refractivity contribution < 1.29 is 0 Å². The Kier molecular flexibility index (Phi) is 3.01. The van der Waals surface area contributed by atoms with Crippen LogP contribution in [0, 0.1) is 5.92 Å². The molecule has 13 heavy (non-hydrogen) atoms. The molecule has 0 aliphatic carbocycles. The van der Waals surface area contributed by atoms with Crippen LogP contribution in [0.5, 0.6) is 0 Å². The van der Waals surface area contributed by atoms with Gasteiger partial charge in [0.15, 0.2) is 0 Å². The first-order valence-corrected chi connectivity index (χ1v) is 4.37. The monoisotopic (exact) mass is 177 g/mol. The van der Waals surface area contributed by atoms with Crippen molar-refractivity contribution in [3.05, 3.63) is 23.7 Å². The minimum Gasteiger partial charge on any atom is -0.237 e. The maximum atomic E-state index is 4.26. The number of hydrazone groups is 1. The van der Waals surface area contributed by atoms with Gasteiger partial charge in [-0.25, -0.2) is 10.0 Å². The van der Waals surface area contributed by atoms with E-state index in [0.29, 0.717) is 5.92 Å². The molecule has 3 heteroatoms. The summed E-state index contributed by atoms with van der Waals surface area (Å²) in [6, 6.07) is 0. The summed E-state index contributed by atoms with van der Waals surface area (Å²) in [5, 5.41) is 5.55. The number of aliphatic imine (C=N–C) groups is 1. The Morgan fingerprint density at radius 2 is 2.31 bits per heavy atom. The number of hydrogen-bond donors (Lipinski definition) is 0. The third-order valence-electron chi connectivity index (χ3n) is 1.93. The van der Waals surface area contributed by atoms with Crippen molar-refractivity contribution in [1.29, 1.82) is 0 Å². The Morgan fingerprint density at radius 1 is 1.62 bits per heavy atom. The van der Waals surface area contributed by atoms with E-state index in [1.165, 1.54) is 0 Å². The summed E-state index contributed by atoms with van der Waals surface area (Å²) < 4.78 is 0. The summed E-state index contributed by atoms with van der Waals surface area (Å²) in [4.78, 5) is 4.26. The normalized spacial score (nSPS) is 19.5. The number of allylic oxidation sites excluding steroid dienone is 2. The summed E-state index contributed by atoms with van der Waals surface area (Å²) >= 11 is 0. The van der Waals surface area contributed by atoms with Crippen molar-refractivity contribution in [2.45, 2.75) is 20.8 Å². The van der Waals surface area contributed by atoms with E-state index in [0.717, 1.165) is 11.4 Å². The number of rotatable bonds is 2. The summed E-state index contributed by atoms with van der Waals surface area (Å²) in [6.45, 7) is 9.67. The average molecular weight is 177 g/mol. The van der Waals surface area contributed by atoms with Crippen LogP contribution in [0.1, 0.15) is 20.8 Å². The van der Waals surface area contributed by atoms with Crippen LogP contribution < -0.4 is 0 Å². The molecule has 70 valence electrons. The Labute approximate surface area is 79.2 Å². The molecule has 0 saturated heterocycles. The first-order chi connectivity index (χ1) is 6.19. The molecule has 0 saturated carbocycles.